The van der Waals surface area contributed by atoms with Crippen molar-refractivity contribution in [3.63, 3.8) is 0 Å². The molecule has 0 saturated carbocycles. The highest BCUT2D eigenvalue weighted by molar-refractivity contribution is 5.76. The van der Waals surface area contributed by atoms with Crippen LogP contribution in [0.15, 0.2) is 66.7 Å². The molecule has 0 fully saturated rings. The Morgan fingerprint density at radius 2 is 1.46 bits per heavy atom. The Hall–Kier alpha value is -2.75. The Morgan fingerprint density at radius 1 is 0.750 bits per heavy atom. The van der Waals surface area contributed by atoms with Gasteiger partial charge in [-0.2, -0.15) is 13.2 Å². The lowest BCUT2D eigenvalue weighted by atomic mass is 9.88. The number of ether oxygens (including phenoxy) is 1. The van der Waals surface area contributed by atoms with Crippen LogP contribution in [0.4, 0.5) is 13.2 Å². The van der Waals surface area contributed by atoms with Gasteiger partial charge in [0, 0.05) is 17.5 Å². The molecular formula is C20H13F3O. The first-order valence-corrected chi connectivity index (χ1v) is 7.58. The summed E-state index contributed by atoms with van der Waals surface area (Å²) in [5, 5.41) is 0. The van der Waals surface area contributed by atoms with E-state index >= 15 is 0 Å². The van der Waals surface area contributed by atoms with Crippen molar-refractivity contribution in [1.82, 2.24) is 0 Å². The Labute approximate surface area is 137 Å². The van der Waals surface area contributed by atoms with Crippen LogP contribution in [0.5, 0.6) is 11.5 Å². The third kappa shape index (κ3) is 2.44. The molecule has 1 aliphatic rings. The number of hydrogen-bond acceptors (Lipinski definition) is 1. The first-order chi connectivity index (χ1) is 11.5. The van der Waals surface area contributed by atoms with Crippen molar-refractivity contribution >= 4 is 0 Å². The zero-order valence-electron chi connectivity index (χ0n) is 12.6. The smallest absolute Gasteiger partial charge is 0.417 e. The molecule has 1 aliphatic heterocycles. The summed E-state index contributed by atoms with van der Waals surface area (Å²) < 4.78 is 46.5. The summed E-state index contributed by atoms with van der Waals surface area (Å²) in [6.07, 6.45) is -4.00. The number of benzene rings is 3. The fraction of sp³-hybridized carbons (Fsp3) is 0.100. The second-order valence-corrected chi connectivity index (χ2v) is 5.72. The van der Waals surface area contributed by atoms with Crippen molar-refractivity contribution in [2.75, 3.05) is 0 Å². The summed E-state index contributed by atoms with van der Waals surface area (Å²) in [6.45, 7) is 0. The molecule has 0 radical (unpaired) electrons. The van der Waals surface area contributed by atoms with E-state index in [1.54, 1.807) is 30.3 Å². The van der Waals surface area contributed by atoms with E-state index in [1.807, 2.05) is 24.3 Å². The molecule has 1 heterocycles. The Kier molecular flexibility index (Phi) is 3.34. The number of para-hydroxylation sites is 1. The highest BCUT2D eigenvalue weighted by Gasteiger charge is 2.36. The summed E-state index contributed by atoms with van der Waals surface area (Å²) in [7, 11) is 0. The zero-order chi connectivity index (χ0) is 16.7. The molecule has 0 spiro atoms. The molecule has 0 atom stereocenters. The summed E-state index contributed by atoms with van der Waals surface area (Å²) >= 11 is 0. The Balaban J connectivity index is 1.97. The molecule has 0 amide bonds. The van der Waals surface area contributed by atoms with E-state index in [0.29, 0.717) is 29.0 Å². The molecule has 24 heavy (non-hydrogen) atoms. The van der Waals surface area contributed by atoms with Crippen LogP contribution >= 0.6 is 0 Å². The van der Waals surface area contributed by atoms with Gasteiger partial charge in [0.1, 0.15) is 11.5 Å². The average Bonchev–Trinajstić information content (AvgIpc) is 2.59. The highest BCUT2D eigenvalue weighted by Crippen LogP contribution is 2.46. The van der Waals surface area contributed by atoms with Crippen LogP contribution in [-0.4, -0.2) is 0 Å². The van der Waals surface area contributed by atoms with Crippen molar-refractivity contribution in [2.45, 2.75) is 12.6 Å². The fourth-order valence-electron chi connectivity index (χ4n) is 3.13. The lowest BCUT2D eigenvalue weighted by Gasteiger charge is -2.25. The predicted molar refractivity (Wildman–Crippen MR) is 86.2 cm³/mol. The van der Waals surface area contributed by atoms with Gasteiger partial charge in [-0.3, -0.25) is 0 Å². The lowest BCUT2D eigenvalue weighted by Crippen LogP contribution is -2.12. The minimum absolute atomic E-state index is 0.204. The van der Waals surface area contributed by atoms with Crippen LogP contribution in [0.2, 0.25) is 0 Å². The van der Waals surface area contributed by atoms with Crippen LogP contribution in [0, 0.1) is 0 Å². The topological polar surface area (TPSA) is 9.23 Å². The van der Waals surface area contributed by atoms with Gasteiger partial charge in [0.25, 0.3) is 0 Å². The third-order valence-electron chi connectivity index (χ3n) is 4.20. The summed E-state index contributed by atoms with van der Waals surface area (Å²) in [4.78, 5) is 0. The van der Waals surface area contributed by atoms with Crippen LogP contribution in [0.3, 0.4) is 0 Å². The third-order valence-corrected chi connectivity index (χ3v) is 4.20. The van der Waals surface area contributed by atoms with Gasteiger partial charge in [-0.05, 0) is 29.3 Å². The largest absolute Gasteiger partial charge is 0.457 e. The van der Waals surface area contributed by atoms with Gasteiger partial charge >= 0.3 is 6.18 Å². The van der Waals surface area contributed by atoms with Crippen molar-refractivity contribution in [1.29, 1.82) is 0 Å². The maximum atomic E-state index is 13.6. The van der Waals surface area contributed by atoms with Gasteiger partial charge in [0.05, 0.1) is 5.56 Å². The molecule has 4 heteroatoms. The van der Waals surface area contributed by atoms with E-state index in [4.69, 9.17) is 4.74 Å². The average molecular weight is 326 g/mol. The summed E-state index contributed by atoms with van der Waals surface area (Å²) in [5.41, 5.74) is 1.59. The Morgan fingerprint density at radius 3 is 2.21 bits per heavy atom. The number of alkyl halides is 3. The molecule has 0 N–H and O–H groups in total. The van der Waals surface area contributed by atoms with Crippen LogP contribution < -0.4 is 4.74 Å². The summed E-state index contributed by atoms with van der Waals surface area (Å²) in [6, 6.07) is 18.6. The molecule has 0 aromatic heterocycles. The molecule has 0 saturated heterocycles. The van der Waals surface area contributed by atoms with E-state index in [1.165, 1.54) is 6.07 Å². The van der Waals surface area contributed by atoms with E-state index in [0.717, 1.165) is 11.6 Å². The second kappa shape index (κ2) is 5.41. The standard InChI is InChI=1S/C20H13F3O/c21-20(22,23)16-10-11-18-15(19(16)13-6-2-1-3-7-13)12-14-8-4-5-9-17(14)24-18/h1-11H,12H2. The number of fused-ring (bicyclic) bond motifs is 2. The molecule has 120 valence electrons. The highest BCUT2D eigenvalue weighted by atomic mass is 19.4. The minimum Gasteiger partial charge on any atom is -0.457 e. The molecule has 3 aromatic rings. The van der Waals surface area contributed by atoms with E-state index < -0.39 is 11.7 Å². The quantitative estimate of drug-likeness (QED) is 0.412. The van der Waals surface area contributed by atoms with Crippen molar-refractivity contribution in [2.24, 2.45) is 0 Å². The molecule has 0 aliphatic carbocycles. The lowest BCUT2D eigenvalue weighted by molar-refractivity contribution is -0.137. The van der Waals surface area contributed by atoms with Crippen molar-refractivity contribution < 1.29 is 17.9 Å². The maximum Gasteiger partial charge on any atom is 0.417 e. The number of halogens is 3. The number of hydrogen-bond donors (Lipinski definition) is 0. The zero-order valence-corrected chi connectivity index (χ0v) is 12.6. The molecule has 4 rings (SSSR count). The monoisotopic (exact) mass is 326 g/mol. The van der Waals surface area contributed by atoms with Gasteiger partial charge in [-0.25, -0.2) is 0 Å². The fourth-order valence-corrected chi connectivity index (χ4v) is 3.13. The Bertz CT molecular complexity index is 899. The van der Waals surface area contributed by atoms with Crippen molar-refractivity contribution in [3.05, 3.63) is 83.4 Å². The van der Waals surface area contributed by atoms with Gasteiger partial charge in [-0.1, -0.05) is 48.5 Å². The molecular weight excluding hydrogens is 313 g/mol. The van der Waals surface area contributed by atoms with E-state index in [2.05, 4.69) is 0 Å². The van der Waals surface area contributed by atoms with Gasteiger partial charge in [-0.15, -0.1) is 0 Å². The predicted octanol–water partition coefficient (Wildman–Crippen LogP) is 6.07. The van der Waals surface area contributed by atoms with Gasteiger partial charge in [0.15, 0.2) is 0 Å². The second-order valence-electron chi connectivity index (χ2n) is 5.72. The molecule has 3 aromatic carbocycles. The summed E-state index contributed by atoms with van der Waals surface area (Å²) in [5.74, 6) is 1.18. The first-order valence-electron chi connectivity index (χ1n) is 7.58. The maximum absolute atomic E-state index is 13.6. The molecule has 1 nitrogen and oxygen atoms in total. The van der Waals surface area contributed by atoms with Gasteiger partial charge in [0.2, 0.25) is 0 Å². The SMILES string of the molecule is FC(F)(F)c1ccc2c(c1-c1ccccc1)Cc1ccccc1O2. The van der Waals surface area contributed by atoms with Gasteiger partial charge < -0.3 is 4.74 Å². The van der Waals surface area contributed by atoms with Crippen LogP contribution in [-0.2, 0) is 12.6 Å². The first kappa shape index (κ1) is 14.8. The van der Waals surface area contributed by atoms with Crippen LogP contribution in [0.1, 0.15) is 16.7 Å². The van der Waals surface area contributed by atoms with E-state index in [9.17, 15) is 13.2 Å². The number of rotatable bonds is 1. The minimum atomic E-state index is -4.42. The van der Waals surface area contributed by atoms with Crippen molar-refractivity contribution in [3.8, 4) is 22.6 Å². The van der Waals surface area contributed by atoms with E-state index in [-0.39, 0.29) is 5.56 Å². The van der Waals surface area contributed by atoms with Crippen LogP contribution in [0.25, 0.3) is 11.1 Å². The molecule has 0 bridgehead atoms. The molecule has 0 unspecified atom stereocenters. The normalized spacial score (nSPS) is 13.0.